The highest BCUT2D eigenvalue weighted by molar-refractivity contribution is 7.09. The second-order valence-corrected chi connectivity index (χ2v) is 6.92. The van der Waals surface area contributed by atoms with Crippen LogP contribution in [0.3, 0.4) is 0 Å². The Balaban J connectivity index is 0.00000156. The summed E-state index contributed by atoms with van der Waals surface area (Å²) in [5.41, 5.74) is 1.46. The Bertz CT molecular complexity index is 681. The zero-order chi connectivity index (χ0) is 16.2. The Kier molecular flexibility index (Phi) is 8.79. The van der Waals surface area contributed by atoms with Crippen molar-refractivity contribution in [3.05, 3.63) is 51.7 Å². The number of thiazole rings is 1. The predicted octanol–water partition coefficient (Wildman–Crippen LogP) is 3.59. The van der Waals surface area contributed by atoms with E-state index in [1.165, 1.54) is 23.5 Å². The number of hydrogen-bond donors (Lipinski definition) is 2. The highest BCUT2D eigenvalue weighted by Gasteiger charge is 2.21. The summed E-state index contributed by atoms with van der Waals surface area (Å²) in [6.45, 7) is 3.06. The minimum Gasteiger partial charge on any atom is -0.348 e. The van der Waals surface area contributed by atoms with Gasteiger partial charge in [0.1, 0.15) is 11.5 Å². The van der Waals surface area contributed by atoms with Crippen molar-refractivity contribution in [3.63, 3.8) is 0 Å². The second kappa shape index (κ2) is 10.1. The molecule has 0 radical (unpaired) electrons. The maximum Gasteiger partial charge on any atom is 0.270 e. The predicted molar refractivity (Wildman–Crippen MR) is 104 cm³/mol. The molecule has 1 saturated heterocycles. The largest absolute Gasteiger partial charge is 0.348 e. The smallest absolute Gasteiger partial charge is 0.270 e. The lowest BCUT2D eigenvalue weighted by Gasteiger charge is -2.28. The lowest BCUT2D eigenvalue weighted by molar-refractivity contribution is 0.0921. The topological polar surface area (TPSA) is 54.0 Å². The van der Waals surface area contributed by atoms with Crippen molar-refractivity contribution < 1.29 is 9.18 Å². The van der Waals surface area contributed by atoms with E-state index >= 15 is 0 Å². The Labute approximate surface area is 163 Å². The normalized spacial score (nSPS) is 19.4. The summed E-state index contributed by atoms with van der Waals surface area (Å²) >= 11 is 1.46. The van der Waals surface area contributed by atoms with Gasteiger partial charge in [0.15, 0.2) is 0 Å². The molecular weight excluding hydrogens is 384 g/mol. The SMILES string of the molecule is CC1CC(NC(=O)c2csc(Cc3ccc(F)cc3)n2)CCN1.Cl.Cl. The van der Waals surface area contributed by atoms with Crippen LogP contribution >= 0.6 is 36.2 Å². The number of halogens is 3. The van der Waals surface area contributed by atoms with Gasteiger partial charge in [-0.25, -0.2) is 9.37 Å². The first-order valence-electron chi connectivity index (χ1n) is 7.83. The molecule has 1 aliphatic rings. The van der Waals surface area contributed by atoms with Gasteiger partial charge in [-0.3, -0.25) is 4.79 Å². The Morgan fingerprint density at radius 1 is 1.36 bits per heavy atom. The number of rotatable bonds is 4. The van der Waals surface area contributed by atoms with Crippen molar-refractivity contribution in [2.45, 2.75) is 38.3 Å². The molecule has 2 heterocycles. The van der Waals surface area contributed by atoms with Gasteiger partial charge < -0.3 is 10.6 Å². The molecule has 2 aromatic rings. The second-order valence-electron chi connectivity index (χ2n) is 5.98. The summed E-state index contributed by atoms with van der Waals surface area (Å²) < 4.78 is 12.9. The van der Waals surface area contributed by atoms with Crippen molar-refractivity contribution >= 4 is 42.1 Å². The van der Waals surface area contributed by atoms with Gasteiger partial charge >= 0.3 is 0 Å². The monoisotopic (exact) mass is 405 g/mol. The maximum atomic E-state index is 12.9. The van der Waals surface area contributed by atoms with Crippen molar-refractivity contribution in [2.24, 2.45) is 0 Å². The Morgan fingerprint density at radius 2 is 2.08 bits per heavy atom. The average molecular weight is 406 g/mol. The minimum atomic E-state index is -0.246. The van der Waals surface area contributed by atoms with Crippen LogP contribution in [0.25, 0.3) is 0 Å². The van der Waals surface area contributed by atoms with Gasteiger partial charge in [0.25, 0.3) is 5.91 Å². The molecule has 3 rings (SSSR count). The van der Waals surface area contributed by atoms with Gasteiger partial charge in [-0.1, -0.05) is 12.1 Å². The van der Waals surface area contributed by atoms with E-state index in [2.05, 4.69) is 22.5 Å². The molecule has 0 spiro atoms. The number of amides is 1. The zero-order valence-electron chi connectivity index (χ0n) is 13.8. The first-order chi connectivity index (χ1) is 11.1. The van der Waals surface area contributed by atoms with Gasteiger partial charge in [0, 0.05) is 23.9 Å². The van der Waals surface area contributed by atoms with Crippen LogP contribution < -0.4 is 10.6 Å². The third-order valence-electron chi connectivity index (χ3n) is 4.01. The average Bonchev–Trinajstić information content (AvgIpc) is 2.98. The Hall–Kier alpha value is -1.21. The molecule has 0 aliphatic carbocycles. The summed E-state index contributed by atoms with van der Waals surface area (Å²) in [5.74, 6) is -0.352. The molecule has 0 saturated carbocycles. The van der Waals surface area contributed by atoms with Crippen LogP contribution in [0.1, 0.15) is 40.8 Å². The van der Waals surface area contributed by atoms with Crippen LogP contribution in [-0.2, 0) is 6.42 Å². The standard InChI is InChI=1S/C17H20FN3OS.2ClH/c1-11-8-14(6-7-19-11)20-17(22)15-10-23-16(21-15)9-12-2-4-13(18)5-3-12;;/h2-5,10-11,14,19H,6-9H2,1H3,(H,20,22);2*1H. The molecule has 1 amide bonds. The van der Waals surface area contributed by atoms with Crippen molar-refractivity contribution in [1.82, 2.24) is 15.6 Å². The van der Waals surface area contributed by atoms with Gasteiger partial charge in [-0.15, -0.1) is 36.2 Å². The van der Waals surface area contributed by atoms with Gasteiger partial charge in [0.05, 0.1) is 5.01 Å². The summed E-state index contributed by atoms with van der Waals surface area (Å²) in [5, 5.41) is 9.09. The van der Waals surface area contributed by atoms with Crippen LogP contribution in [0.5, 0.6) is 0 Å². The van der Waals surface area contributed by atoms with E-state index in [4.69, 9.17) is 0 Å². The number of carbonyl (C=O) groups is 1. The maximum absolute atomic E-state index is 12.9. The summed E-state index contributed by atoms with van der Waals surface area (Å²) in [6.07, 6.45) is 2.50. The number of nitrogens with zero attached hydrogens (tertiary/aromatic N) is 1. The highest BCUT2D eigenvalue weighted by Crippen LogP contribution is 2.16. The first kappa shape index (κ1) is 21.8. The number of benzene rings is 1. The number of carbonyl (C=O) groups excluding carboxylic acids is 1. The van der Waals surface area contributed by atoms with Gasteiger partial charge in [0.2, 0.25) is 0 Å². The van der Waals surface area contributed by atoms with E-state index < -0.39 is 0 Å². The molecule has 4 nitrogen and oxygen atoms in total. The van der Waals surface area contributed by atoms with Crippen LogP contribution in [0.15, 0.2) is 29.6 Å². The molecule has 0 bridgehead atoms. The van der Waals surface area contributed by atoms with Crippen LogP contribution in [0.4, 0.5) is 4.39 Å². The molecule has 1 fully saturated rings. The van der Waals surface area contributed by atoms with E-state index in [1.807, 2.05) is 0 Å². The first-order valence-corrected chi connectivity index (χ1v) is 8.71. The fraction of sp³-hybridized carbons (Fsp3) is 0.412. The molecule has 2 atom stereocenters. The number of nitrogens with one attached hydrogen (secondary N) is 2. The van der Waals surface area contributed by atoms with E-state index in [0.29, 0.717) is 18.2 Å². The van der Waals surface area contributed by atoms with Crippen LogP contribution in [0.2, 0.25) is 0 Å². The lowest BCUT2D eigenvalue weighted by Crippen LogP contribution is -2.46. The minimum absolute atomic E-state index is 0. The van der Waals surface area contributed by atoms with E-state index in [9.17, 15) is 9.18 Å². The van der Waals surface area contributed by atoms with Crippen molar-refractivity contribution in [1.29, 1.82) is 0 Å². The van der Waals surface area contributed by atoms with Gasteiger partial charge in [-0.2, -0.15) is 0 Å². The molecule has 25 heavy (non-hydrogen) atoms. The Morgan fingerprint density at radius 3 is 2.76 bits per heavy atom. The number of piperidine rings is 1. The zero-order valence-corrected chi connectivity index (χ0v) is 16.3. The van der Waals surface area contributed by atoms with Crippen LogP contribution in [0, 0.1) is 5.82 Å². The van der Waals surface area contributed by atoms with E-state index in [0.717, 1.165) is 30.0 Å². The third kappa shape index (κ3) is 6.22. The summed E-state index contributed by atoms with van der Waals surface area (Å²) in [7, 11) is 0. The molecule has 1 aromatic heterocycles. The fourth-order valence-corrected chi connectivity index (χ4v) is 3.60. The van der Waals surface area contributed by atoms with E-state index in [1.54, 1.807) is 17.5 Å². The van der Waals surface area contributed by atoms with Crippen molar-refractivity contribution in [2.75, 3.05) is 6.54 Å². The van der Waals surface area contributed by atoms with Gasteiger partial charge in [-0.05, 0) is 44.0 Å². The highest BCUT2D eigenvalue weighted by atomic mass is 35.5. The number of aromatic nitrogens is 1. The fourth-order valence-electron chi connectivity index (χ4n) is 2.80. The van der Waals surface area contributed by atoms with Crippen molar-refractivity contribution in [3.8, 4) is 0 Å². The quantitative estimate of drug-likeness (QED) is 0.816. The van der Waals surface area contributed by atoms with E-state index in [-0.39, 0.29) is 42.6 Å². The molecule has 138 valence electrons. The summed E-state index contributed by atoms with van der Waals surface area (Å²) in [6, 6.07) is 7.00. The number of hydrogen-bond acceptors (Lipinski definition) is 4. The summed E-state index contributed by atoms with van der Waals surface area (Å²) in [4.78, 5) is 16.7. The molecule has 2 N–H and O–H groups in total. The molecule has 1 aliphatic heterocycles. The molecule has 2 unspecified atom stereocenters. The molecule has 8 heteroatoms. The lowest BCUT2D eigenvalue weighted by atomic mass is 10.0. The molecule has 1 aromatic carbocycles. The van der Waals surface area contributed by atoms with Crippen LogP contribution in [-0.4, -0.2) is 29.5 Å². The molecular formula is C17H22Cl2FN3OS. The third-order valence-corrected chi connectivity index (χ3v) is 4.86.